The second-order valence-electron chi connectivity index (χ2n) is 4.14. The largest absolute Gasteiger partial charge is 0.416 e. The lowest BCUT2D eigenvalue weighted by molar-refractivity contribution is -0.137. The molecule has 4 nitrogen and oxygen atoms in total. The summed E-state index contributed by atoms with van der Waals surface area (Å²) in [6, 6.07) is 3.37. The summed E-state index contributed by atoms with van der Waals surface area (Å²) in [5.41, 5.74) is -0.461. The quantitative estimate of drug-likeness (QED) is 0.846. The number of anilines is 3. The van der Waals surface area contributed by atoms with Crippen LogP contribution in [0.5, 0.6) is 0 Å². The Morgan fingerprint density at radius 1 is 1.19 bits per heavy atom. The number of rotatable bonds is 4. The van der Waals surface area contributed by atoms with Gasteiger partial charge in [-0.05, 0) is 41.1 Å². The lowest BCUT2D eigenvalue weighted by atomic mass is 10.2. The van der Waals surface area contributed by atoms with E-state index in [4.69, 9.17) is 0 Å². The van der Waals surface area contributed by atoms with E-state index in [0.29, 0.717) is 22.7 Å². The molecule has 0 atom stereocenters. The van der Waals surface area contributed by atoms with Gasteiger partial charge in [0.2, 0.25) is 0 Å². The van der Waals surface area contributed by atoms with Crippen molar-refractivity contribution in [3.05, 3.63) is 40.6 Å². The molecule has 1 heterocycles. The maximum Gasteiger partial charge on any atom is 0.416 e. The summed E-state index contributed by atoms with van der Waals surface area (Å²) >= 11 is 3.21. The molecule has 0 amide bonds. The van der Waals surface area contributed by atoms with Gasteiger partial charge in [-0.15, -0.1) is 0 Å². The topological polar surface area (TPSA) is 49.8 Å². The van der Waals surface area contributed by atoms with Crippen molar-refractivity contribution in [2.24, 2.45) is 0 Å². The summed E-state index contributed by atoms with van der Waals surface area (Å²) in [7, 11) is 0. The number of nitrogens with zero attached hydrogens (tertiary/aromatic N) is 2. The molecule has 21 heavy (non-hydrogen) atoms. The summed E-state index contributed by atoms with van der Waals surface area (Å²) in [6.07, 6.45) is -1.42. The molecule has 2 aromatic rings. The van der Waals surface area contributed by atoms with Crippen molar-refractivity contribution in [2.75, 3.05) is 17.2 Å². The van der Waals surface area contributed by atoms with Gasteiger partial charge in [-0.3, -0.25) is 4.98 Å². The highest BCUT2D eigenvalue weighted by atomic mass is 79.9. The van der Waals surface area contributed by atoms with Crippen LogP contribution in [-0.2, 0) is 6.18 Å². The Morgan fingerprint density at radius 2 is 1.90 bits per heavy atom. The maximum absolute atomic E-state index is 12.7. The number of nitrogens with one attached hydrogen (secondary N) is 2. The van der Waals surface area contributed by atoms with Crippen LogP contribution in [0.2, 0.25) is 0 Å². The fraction of sp³-hybridized carbons (Fsp3) is 0.231. The molecule has 1 aromatic carbocycles. The third-order valence-corrected chi connectivity index (χ3v) is 3.24. The number of alkyl halides is 3. The Hall–Kier alpha value is -1.83. The van der Waals surface area contributed by atoms with Gasteiger partial charge in [0.15, 0.2) is 5.82 Å². The van der Waals surface area contributed by atoms with Crippen molar-refractivity contribution in [3.8, 4) is 0 Å². The van der Waals surface area contributed by atoms with E-state index in [-0.39, 0.29) is 5.69 Å². The Balaban J connectivity index is 2.28. The summed E-state index contributed by atoms with van der Waals surface area (Å²) in [5, 5.41) is 5.80. The first-order valence-corrected chi connectivity index (χ1v) is 6.89. The van der Waals surface area contributed by atoms with Gasteiger partial charge in [-0.2, -0.15) is 13.2 Å². The summed E-state index contributed by atoms with van der Waals surface area (Å²) in [4.78, 5) is 8.18. The lowest BCUT2D eigenvalue weighted by Crippen LogP contribution is -2.06. The molecule has 112 valence electrons. The molecule has 0 aliphatic rings. The Bertz CT molecular complexity index is 631. The highest BCUT2D eigenvalue weighted by Crippen LogP contribution is 2.34. The number of halogens is 4. The molecular weight excluding hydrogens is 349 g/mol. The SMILES string of the molecule is CCNc1cncc(Nc2cc(C(F)(F)F)ccc2Br)n1. The van der Waals surface area contributed by atoms with Crippen LogP contribution in [0.4, 0.5) is 30.5 Å². The van der Waals surface area contributed by atoms with Crippen molar-refractivity contribution < 1.29 is 13.2 Å². The fourth-order valence-electron chi connectivity index (χ4n) is 1.63. The van der Waals surface area contributed by atoms with Gasteiger partial charge in [0.1, 0.15) is 5.82 Å². The van der Waals surface area contributed by atoms with E-state index in [1.54, 1.807) is 0 Å². The molecule has 2 rings (SSSR count). The molecule has 0 aliphatic heterocycles. The van der Waals surface area contributed by atoms with Gasteiger partial charge in [-0.25, -0.2) is 4.98 Å². The lowest BCUT2D eigenvalue weighted by Gasteiger charge is -2.12. The molecule has 2 N–H and O–H groups in total. The fourth-order valence-corrected chi connectivity index (χ4v) is 1.97. The second kappa shape index (κ2) is 6.30. The third kappa shape index (κ3) is 4.07. The van der Waals surface area contributed by atoms with E-state index in [1.165, 1.54) is 18.5 Å². The zero-order valence-electron chi connectivity index (χ0n) is 11.0. The number of benzene rings is 1. The van der Waals surface area contributed by atoms with Crippen LogP contribution in [0, 0.1) is 0 Å². The van der Waals surface area contributed by atoms with Crippen LogP contribution in [-0.4, -0.2) is 16.5 Å². The Labute approximate surface area is 127 Å². The van der Waals surface area contributed by atoms with Crippen LogP contribution < -0.4 is 10.6 Å². The Kier molecular flexibility index (Phi) is 4.66. The molecule has 8 heteroatoms. The highest BCUT2D eigenvalue weighted by molar-refractivity contribution is 9.10. The molecule has 1 aromatic heterocycles. The molecule has 0 unspecified atom stereocenters. The van der Waals surface area contributed by atoms with Crippen LogP contribution in [0.15, 0.2) is 35.1 Å². The van der Waals surface area contributed by atoms with Crippen LogP contribution in [0.25, 0.3) is 0 Å². The first-order valence-electron chi connectivity index (χ1n) is 6.10. The molecule has 0 radical (unpaired) electrons. The monoisotopic (exact) mass is 360 g/mol. The van der Waals surface area contributed by atoms with Gasteiger partial charge >= 0.3 is 6.18 Å². The minimum atomic E-state index is -4.39. The normalized spacial score (nSPS) is 11.3. The molecule has 0 aliphatic carbocycles. The van der Waals surface area contributed by atoms with Gasteiger partial charge in [0, 0.05) is 11.0 Å². The van der Waals surface area contributed by atoms with Crippen molar-refractivity contribution in [1.29, 1.82) is 0 Å². The van der Waals surface area contributed by atoms with Crippen LogP contribution in [0.1, 0.15) is 12.5 Å². The summed E-state index contributed by atoms with van der Waals surface area (Å²) in [5.74, 6) is 0.902. The summed E-state index contributed by atoms with van der Waals surface area (Å²) < 4.78 is 38.7. The van der Waals surface area contributed by atoms with E-state index in [1.807, 2.05) is 6.92 Å². The van der Waals surface area contributed by atoms with Crippen molar-refractivity contribution in [3.63, 3.8) is 0 Å². The standard InChI is InChI=1S/C13H12BrF3N4/c1-2-19-11-6-18-7-12(21-11)20-10-5-8(13(15,16)17)3-4-9(10)14/h3-7H,2H2,1H3,(H2,19,20,21). The minimum Gasteiger partial charge on any atom is -0.369 e. The van der Waals surface area contributed by atoms with E-state index < -0.39 is 11.7 Å². The first kappa shape index (κ1) is 15.6. The molecular formula is C13H12BrF3N4. The maximum atomic E-state index is 12.7. The van der Waals surface area contributed by atoms with Gasteiger partial charge in [0.05, 0.1) is 23.6 Å². The highest BCUT2D eigenvalue weighted by Gasteiger charge is 2.30. The zero-order chi connectivity index (χ0) is 15.5. The van der Waals surface area contributed by atoms with E-state index >= 15 is 0 Å². The van der Waals surface area contributed by atoms with E-state index in [2.05, 4.69) is 36.5 Å². The molecule has 0 bridgehead atoms. The number of hydrogen-bond acceptors (Lipinski definition) is 4. The number of aromatic nitrogens is 2. The van der Waals surface area contributed by atoms with Gasteiger partial charge < -0.3 is 10.6 Å². The van der Waals surface area contributed by atoms with Gasteiger partial charge in [0.25, 0.3) is 0 Å². The van der Waals surface area contributed by atoms with Crippen molar-refractivity contribution in [2.45, 2.75) is 13.1 Å². The van der Waals surface area contributed by atoms with Crippen LogP contribution >= 0.6 is 15.9 Å². The van der Waals surface area contributed by atoms with Gasteiger partial charge in [-0.1, -0.05) is 0 Å². The average Bonchev–Trinajstić information content (AvgIpc) is 2.41. The first-order chi connectivity index (χ1) is 9.90. The number of hydrogen-bond donors (Lipinski definition) is 2. The predicted octanol–water partition coefficient (Wildman–Crippen LogP) is 4.43. The van der Waals surface area contributed by atoms with Crippen molar-refractivity contribution >= 4 is 33.3 Å². The van der Waals surface area contributed by atoms with Crippen LogP contribution in [0.3, 0.4) is 0 Å². The zero-order valence-corrected chi connectivity index (χ0v) is 12.6. The average molecular weight is 361 g/mol. The minimum absolute atomic E-state index is 0.271. The third-order valence-electron chi connectivity index (χ3n) is 2.55. The predicted molar refractivity (Wildman–Crippen MR) is 78.6 cm³/mol. The molecule has 0 saturated heterocycles. The van der Waals surface area contributed by atoms with Crippen molar-refractivity contribution in [1.82, 2.24) is 9.97 Å². The van der Waals surface area contributed by atoms with E-state index in [0.717, 1.165) is 12.1 Å². The molecule has 0 spiro atoms. The molecule has 0 saturated carbocycles. The Morgan fingerprint density at radius 3 is 2.57 bits per heavy atom. The van der Waals surface area contributed by atoms with E-state index in [9.17, 15) is 13.2 Å². The smallest absolute Gasteiger partial charge is 0.369 e. The second-order valence-corrected chi connectivity index (χ2v) is 4.99. The molecule has 0 fully saturated rings. The summed E-state index contributed by atoms with van der Waals surface area (Å²) in [6.45, 7) is 2.58.